The highest BCUT2D eigenvalue weighted by molar-refractivity contribution is 8.14. The van der Waals surface area contributed by atoms with E-state index in [0.717, 1.165) is 0 Å². The summed E-state index contributed by atoms with van der Waals surface area (Å²) >= 11 is 0. The van der Waals surface area contributed by atoms with Gasteiger partial charge < -0.3 is 27.5 Å². The maximum atomic E-state index is 9.34. The Hall–Kier alpha value is -1.18. The normalized spacial score (nSPS) is 25.2. The SMILES string of the molecule is NC1=C(N)C(N)=S(O)C(N)=C1N. The summed E-state index contributed by atoms with van der Waals surface area (Å²) in [5, 5.41) is 0.0687. The van der Waals surface area contributed by atoms with E-state index in [4.69, 9.17) is 28.7 Å². The van der Waals surface area contributed by atoms with Gasteiger partial charge in [-0.15, -0.1) is 0 Å². The van der Waals surface area contributed by atoms with Gasteiger partial charge in [0.05, 0.1) is 22.1 Å². The second kappa shape index (κ2) is 2.70. The molecule has 1 rings (SSSR count). The highest BCUT2D eigenvalue weighted by Gasteiger charge is 2.19. The van der Waals surface area contributed by atoms with E-state index in [2.05, 4.69) is 0 Å². The molecule has 0 radical (unpaired) electrons. The minimum Gasteiger partial charge on any atom is -0.395 e. The fraction of sp³-hybridized carbons (Fsp3) is 0. The first-order chi connectivity index (χ1) is 5.46. The highest BCUT2D eigenvalue weighted by atomic mass is 32.2. The highest BCUT2D eigenvalue weighted by Crippen LogP contribution is 2.26. The Morgan fingerprint density at radius 3 is 1.83 bits per heavy atom. The van der Waals surface area contributed by atoms with Crippen molar-refractivity contribution in [1.82, 2.24) is 0 Å². The fourth-order valence-corrected chi connectivity index (χ4v) is 1.61. The molecule has 0 aromatic heterocycles. The monoisotopic (exact) mass is 189 g/mol. The Kier molecular flexibility index (Phi) is 2.01. The molecule has 0 bridgehead atoms. The summed E-state index contributed by atoms with van der Waals surface area (Å²) in [7, 11) is -1.40. The van der Waals surface area contributed by atoms with E-state index in [1.165, 1.54) is 0 Å². The first kappa shape index (κ1) is 8.91. The van der Waals surface area contributed by atoms with Crippen LogP contribution in [0.4, 0.5) is 0 Å². The van der Waals surface area contributed by atoms with Gasteiger partial charge in [0, 0.05) is 10.8 Å². The van der Waals surface area contributed by atoms with Crippen molar-refractivity contribution in [2.45, 2.75) is 0 Å². The van der Waals surface area contributed by atoms with Gasteiger partial charge in [0.25, 0.3) is 0 Å². The Balaban J connectivity index is 3.43. The van der Waals surface area contributed by atoms with Crippen LogP contribution >= 0.6 is 10.8 Å². The van der Waals surface area contributed by atoms with E-state index in [-0.39, 0.29) is 27.1 Å². The first-order valence-corrected chi connectivity index (χ1v) is 4.22. The second-order valence-electron chi connectivity index (χ2n) is 2.25. The summed E-state index contributed by atoms with van der Waals surface area (Å²) in [4.78, 5) is 0.0687. The van der Waals surface area contributed by atoms with Crippen LogP contribution in [-0.4, -0.2) is 9.54 Å². The van der Waals surface area contributed by atoms with Crippen LogP contribution in [0.5, 0.6) is 0 Å². The van der Waals surface area contributed by atoms with Crippen molar-refractivity contribution in [2.75, 3.05) is 0 Å². The van der Waals surface area contributed by atoms with Crippen LogP contribution < -0.4 is 28.7 Å². The zero-order valence-electron chi connectivity index (χ0n) is 6.24. The summed E-state index contributed by atoms with van der Waals surface area (Å²) < 4.78 is 9.34. The average molecular weight is 189 g/mol. The number of rotatable bonds is 0. The molecule has 7 heteroatoms. The van der Waals surface area contributed by atoms with Crippen LogP contribution in [0.1, 0.15) is 0 Å². The molecule has 0 aromatic rings. The molecule has 0 spiro atoms. The zero-order chi connectivity index (χ0) is 9.46. The summed E-state index contributed by atoms with van der Waals surface area (Å²) in [6, 6.07) is 0. The van der Waals surface area contributed by atoms with E-state index < -0.39 is 10.8 Å². The lowest BCUT2D eigenvalue weighted by Gasteiger charge is -2.18. The lowest BCUT2D eigenvalue weighted by molar-refractivity contribution is 0.664. The fourth-order valence-electron chi connectivity index (χ4n) is 0.737. The van der Waals surface area contributed by atoms with Crippen LogP contribution in [0.15, 0.2) is 22.1 Å². The van der Waals surface area contributed by atoms with Gasteiger partial charge in [-0.05, 0) is 0 Å². The molecular weight excluding hydrogens is 178 g/mol. The minimum atomic E-state index is -1.40. The molecule has 1 unspecified atom stereocenters. The van der Waals surface area contributed by atoms with Gasteiger partial charge in [-0.2, -0.15) is 0 Å². The third kappa shape index (κ3) is 1.04. The van der Waals surface area contributed by atoms with E-state index in [1.807, 2.05) is 0 Å². The molecule has 0 aromatic carbocycles. The summed E-state index contributed by atoms with van der Waals surface area (Å²) in [6.07, 6.45) is 0. The van der Waals surface area contributed by atoms with Crippen molar-refractivity contribution in [3.63, 3.8) is 0 Å². The molecule has 1 heterocycles. The van der Waals surface area contributed by atoms with Crippen molar-refractivity contribution >= 4 is 15.8 Å². The van der Waals surface area contributed by atoms with Crippen LogP contribution in [0, 0.1) is 0 Å². The molecule has 6 nitrogen and oxygen atoms in total. The van der Waals surface area contributed by atoms with E-state index >= 15 is 0 Å². The second-order valence-corrected chi connectivity index (χ2v) is 3.70. The van der Waals surface area contributed by atoms with Crippen molar-refractivity contribution in [3.05, 3.63) is 22.1 Å². The topological polar surface area (TPSA) is 150 Å². The van der Waals surface area contributed by atoms with Gasteiger partial charge in [0.2, 0.25) is 0 Å². The van der Waals surface area contributed by atoms with Gasteiger partial charge in [-0.25, -0.2) is 0 Å². The van der Waals surface area contributed by atoms with Gasteiger partial charge in [0.15, 0.2) is 0 Å². The summed E-state index contributed by atoms with van der Waals surface area (Å²) in [6.45, 7) is 0. The smallest absolute Gasteiger partial charge is 0.112 e. The minimum absolute atomic E-state index is 0.0687. The quantitative estimate of drug-likeness (QED) is 0.244. The lowest BCUT2D eigenvalue weighted by Crippen LogP contribution is -2.32. The molecule has 11 N–H and O–H groups in total. The van der Waals surface area contributed by atoms with Crippen molar-refractivity contribution in [2.24, 2.45) is 28.7 Å². The van der Waals surface area contributed by atoms with Crippen molar-refractivity contribution < 1.29 is 4.55 Å². The Morgan fingerprint density at radius 1 is 0.833 bits per heavy atom. The van der Waals surface area contributed by atoms with Crippen molar-refractivity contribution in [3.8, 4) is 0 Å². The Morgan fingerprint density at radius 2 is 1.33 bits per heavy atom. The first-order valence-electron chi connectivity index (χ1n) is 3.03. The van der Waals surface area contributed by atoms with Crippen LogP contribution in [0.3, 0.4) is 0 Å². The Labute approximate surface area is 71.8 Å². The number of hydrogen-bond donors (Lipinski definition) is 6. The molecular formula is C5H11N5OS. The standard InChI is InChI=1S/C5H11N5OS/c6-1-2(7)4(9)12(11)5(10)3(1)8/h11H,6-10H2. The van der Waals surface area contributed by atoms with E-state index in [1.54, 1.807) is 0 Å². The van der Waals surface area contributed by atoms with E-state index in [0.29, 0.717) is 0 Å². The predicted molar refractivity (Wildman–Crippen MR) is 50.2 cm³/mol. The van der Waals surface area contributed by atoms with E-state index in [9.17, 15) is 4.55 Å². The molecule has 68 valence electrons. The molecule has 1 aliphatic heterocycles. The lowest BCUT2D eigenvalue weighted by atomic mass is 10.2. The molecule has 0 amide bonds. The number of hydrogen-bond acceptors (Lipinski definition) is 6. The van der Waals surface area contributed by atoms with Crippen LogP contribution in [0.2, 0.25) is 0 Å². The predicted octanol–water partition coefficient (Wildman–Crippen LogP) is -1.95. The Bertz CT molecular complexity index is 230. The average Bonchev–Trinajstić information content (AvgIpc) is 2.08. The largest absolute Gasteiger partial charge is 0.395 e. The third-order valence-electron chi connectivity index (χ3n) is 1.53. The molecule has 1 atom stereocenters. The van der Waals surface area contributed by atoms with Crippen molar-refractivity contribution in [1.29, 1.82) is 0 Å². The molecule has 0 fully saturated rings. The van der Waals surface area contributed by atoms with Gasteiger partial charge in [0.1, 0.15) is 5.03 Å². The maximum Gasteiger partial charge on any atom is 0.112 e. The molecule has 12 heavy (non-hydrogen) atoms. The molecule has 0 saturated carbocycles. The zero-order valence-corrected chi connectivity index (χ0v) is 7.06. The maximum absolute atomic E-state index is 9.34. The summed E-state index contributed by atoms with van der Waals surface area (Å²) in [5.74, 6) is 0. The molecule has 0 aliphatic carbocycles. The summed E-state index contributed by atoms with van der Waals surface area (Å²) in [5.41, 5.74) is 27.5. The number of nitrogens with two attached hydrogens (primary N) is 5. The van der Waals surface area contributed by atoms with Gasteiger partial charge in [-0.1, -0.05) is 0 Å². The van der Waals surface area contributed by atoms with Crippen LogP contribution in [0.25, 0.3) is 0 Å². The van der Waals surface area contributed by atoms with Crippen LogP contribution in [-0.2, 0) is 0 Å². The van der Waals surface area contributed by atoms with Gasteiger partial charge >= 0.3 is 0 Å². The van der Waals surface area contributed by atoms with Gasteiger partial charge in [-0.3, -0.25) is 5.73 Å². The molecule has 0 saturated heterocycles. The third-order valence-corrected chi connectivity index (χ3v) is 2.80. The molecule has 1 aliphatic rings.